The van der Waals surface area contributed by atoms with Crippen molar-refractivity contribution in [3.8, 4) is 11.5 Å². The Morgan fingerprint density at radius 3 is 2.39 bits per heavy atom. The summed E-state index contributed by atoms with van der Waals surface area (Å²) in [5.74, 6) is -0.826. The molecule has 2 aromatic carbocycles. The number of anilines is 2. The van der Waals surface area contributed by atoms with Crippen LogP contribution in [0.4, 0.5) is 11.4 Å². The Balaban J connectivity index is 1.29. The van der Waals surface area contributed by atoms with E-state index in [0.29, 0.717) is 36.9 Å². The van der Waals surface area contributed by atoms with Crippen LogP contribution in [0.3, 0.4) is 0 Å². The zero-order valence-electron chi connectivity index (χ0n) is 17.3. The average molecular weight is 425 g/mol. The fourth-order valence-corrected chi connectivity index (χ4v) is 3.93. The molecule has 8 heteroatoms. The van der Waals surface area contributed by atoms with Crippen LogP contribution >= 0.6 is 0 Å². The normalized spacial score (nSPS) is 17.1. The van der Waals surface area contributed by atoms with E-state index in [1.807, 2.05) is 18.2 Å². The number of aliphatic carboxylic acids is 1. The van der Waals surface area contributed by atoms with Crippen LogP contribution in [0.15, 0.2) is 48.5 Å². The zero-order chi connectivity index (χ0) is 21.6. The summed E-state index contributed by atoms with van der Waals surface area (Å²) in [7, 11) is 0. The molecule has 0 aromatic heterocycles. The monoisotopic (exact) mass is 425 g/mol. The number of carboxylic acids is 1. The van der Waals surface area contributed by atoms with Crippen LogP contribution < -0.4 is 19.7 Å². The van der Waals surface area contributed by atoms with E-state index < -0.39 is 11.9 Å². The van der Waals surface area contributed by atoms with Crippen molar-refractivity contribution in [2.24, 2.45) is 5.92 Å². The fraction of sp³-hybridized carbons (Fsp3) is 0.391. The smallest absolute Gasteiger partial charge is 0.308 e. The third kappa shape index (κ3) is 5.46. The number of piperazine rings is 1. The Labute approximate surface area is 181 Å². The van der Waals surface area contributed by atoms with Crippen molar-refractivity contribution in [1.29, 1.82) is 0 Å². The number of nitrogens with one attached hydrogen (secondary N) is 1. The van der Waals surface area contributed by atoms with E-state index in [0.717, 1.165) is 26.2 Å². The Bertz CT molecular complexity index is 913. The van der Waals surface area contributed by atoms with Crippen molar-refractivity contribution in [3.63, 3.8) is 0 Å². The molecular weight excluding hydrogens is 398 g/mol. The maximum Gasteiger partial charge on any atom is 0.308 e. The van der Waals surface area contributed by atoms with Crippen molar-refractivity contribution in [3.05, 3.63) is 48.5 Å². The van der Waals surface area contributed by atoms with E-state index >= 15 is 0 Å². The highest BCUT2D eigenvalue weighted by atomic mass is 16.6. The third-order valence-corrected chi connectivity index (χ3v) is 5.58. The number of carbonyl (C=O) groups is 2. The first-order valence-electron chi connectivity index (χ1n) is 10.5. The molecule has 0 spiro atoms. The van der Waals surface area contributed by atoms with Crippen molar-refractivity contribution in [1.82, 2.24) is 4.90 Å². The van der Waals surface area contributed by atoms with Crippen molar-refractivity contribution in [2.75, 3.05) is 56.2 Å². The lowest BCUT2D eigenvalue weighted by atomic mass is 10.0. The molecule has 4 rings (SSSR count). The summed E-state index contributed by atoms with van der Waals surface area (Å²) >= 11 is 0. The van der Waals surface area contributed by atoms with Gasteiger partial charge in [0.05, 0.1) is 5.92 Å². The maximum atomic E-state index is 12.5. The first kappa shape index (κ1) is 21.0. The SMILES string of the molecule is O=C(CC(CN1CCN(c2ccccc2)CC1)C(=O)O)Nc1ccc2c(c1)OCCO2. The minimum Gasteiger partial charge on any atom is -0.486 e. The molecule has 2 aliphatic heterocycles. The fourth-order valence-electron chi connectivity index (χ4n) is 3.93. The highest BCUT2D eigenvalue weighted by molar-refractivity contribution is 5.93. The lowest BCUT2D eigenvalue weighted by Gasteiger charge is -2.37. The molecule has 1 atom stereocenters. The van der Waals surface area contributed by atoms with Gasteiger partial charge in [0.25, 0.3) is 0 Å². The van der Waals surface area contributed by atoms with Gasteiger partial charge in [-0.15, -0.1) is 0 Å². The van der Waals surface area contributed by atoms with E-state index in [-0.39, 0.29) is 12.3 Å². The van der Waals surface area contributed by atoms with Gasteiger partial charge < -0.3 is 24.8 Å². The number of ether oxygens (including phenoxy) is 2. The van der Waals surface area contributed by atoms with E-state index in [2.05, 4.69) is 27.2 Å². The summed E-state index contributed by atoms with van der Waals surface area (Å²) in [5.41, 5.74) is 1.74. The summed E-state index contributed by atoms with van der Waals surface area (Å²) in [5, 5.41) is 12.4. The number of carbonyl (C=O) groups excluding carboxylic acids is 1. The third-order valence-electron chi connectivity index (χ3n) is 5.58. The molecule has 0 aliphatic carbocycles. The van der Waals surface area contributed by atoms with Gasteiger partial charge in [0, 0.05) is 56.6 Å². The average Bonchev–Trinajstić information content (AvgIpc) is 2.79. The Kier molecular flexibility index (Phi) is 6.57. The van der Waals surface area contributed by atoms with E-state index in [1.54, 1.807) is 18.2 Å². The molecule has 2 heterocycles. The van der Waals surface area contributed by atoms with Gasteiger partial charge in [0.2, 0.25) is 5.91 Å². The van der Waals surface area contributed by atoms with Gasteiger partial charge >= 0.3 is 5.97 Å². The molecule has 8 nitrogen and oxygen atoms in total. The van der Waals surface area contributed by atoms with Gasteiger partial charge in [0.1, 0.15) is 13.2 Å². The first-order chi connectivity index (χ1) is 15.1. The Hall–Kier alpha value is -3.26. The summed E-state index contributed by atoms with van der Waals surface area (Å²) in [6.45, 7) is 4.51. The van der Waals surface area contributed by atoms with E-state index in [9.17, 15) is 14.7 Å². The first-order valence-corrected chi connectivity index (χ1v) is 10.5. The Morgan fingerprint density at radius 1 is 0.968 bits per heavy atom. The van der Waals surface area contributed by atoms with Crippen LogP contribution in [0.1, 0.15) is 6.42 Å². The largest absolute Gasteiger partial charge is 0.486 e. The number of fused-ring (bicyclic) bond motifs is 1. The maximum absolute atomic E-state index is 12.5. The van der Waals surface area contributed by atoms with E-state index in [4.69, 9.17) is 9.47 Å². The highest BCUT2D eigenvalue weighted by Crippen LogP contribution is 2.32. The molecule has 2 N–H and O–H groups in total. The molecular formula is C23H27N3O5. The van der Waals surface area contributed by atoms with Crippen molar-refractivity contribution >= 4 is 23.3 Å². The van der Waals surface area contributed by atoms with Crippen LogP contribution in [0.25, 0.3) is 0 Å². The lowest BCUT2D eigenvalue weighted by Crippen LogP contribution is -2.48. The Morgan fingerprint density at radius 2 is 1.68 bits per heavy atom. The zero-order valence-corrected chi connectivity index (χ0v) is 17.3. The molecule has 1 unspecified atom stereocenters. The van der Waals surface area contributed by atoms with Gasteiger partial charge in [-0.2, -0.15) is 0 Å². The molecule has 0 saturated carbocycles. The molecule has 0 bridgehead atoms. The second kappa shape index (κ2) is 9.70. The van der Waals surface area contributed by atoms with Gasteiger partial charge in [0.15, 0.2) is 11.5 Å². The van der Waals surface area contributed by atoms with Gasteiger partial charge in [-0.1, -0.05) is 18.2 Å². The minimum atomic E-state index is -0.956. The minimum absolute atomic E-state index is 0.0807. The highest BCUT2D eigenvalue weighted by Gasteiger charge is 2.26. The summed E-state index contributed by atoms with van der Waals surface area (Å²) in [6.07, 6.45) is -0.0807. The molecule has 2 aromatic rings. The standard InChI is InChI=1S/C23H27N3O5/c27-22(24-18-6-7-20-21(15-18)31-13-12-30-20)14-17(23(28)29)16-25-8-10-26(11-9-25)19-4-2-1-3-5-19/h1-7,15,17H,8-14,16H2,(H,24,27)(H,28,29). The number of rotatable bonds is 7. The quantitative estimate of drug-likeness (QED) is 0.703. The van der Waals surface area contributed by atoms with Crippen LogP contribution in [-0.2, 0) is 9.59 Å². The van der Waals surface area contributed by atoms with Crippen molar-refractivity contribution < 1.29 is 24.2 Å². The number of nitrogens with zero attached hydrogens (tertiary/aromatic N) is 2. The molecule has 31 heavy (non-hydrogen) atoms. The number of para-hydroxylation sites is 1. The summed E-state index contributed by atoms with van der Waals surface area (Å²) < 4.78 is 11.0. The lowest BCUT2D eigenvalue weighted by molar-refractivity contribution is -0.144. The predicted molar refractivity (Wildman–Crippen MR) is 117 cm³/mol. The molecule has 1 fully saturated rings. The number of carboxylic acid groups (broad SMARTS) is 1. The summed E-state index contributed by atoms with van der Waals surface area (Å²) in [4.78, 5) is 28.7. The van der Waals surface area contributed by atoms with Crippen LogP contribution in [-0.4, -0.2) is 67.8 Å². The molecule has 1 amide bonds. The number of amides is 1. The summed E-state index contributed by atoms with van der Waals surface area (Å²) in [6, 6.07) is 15.4. The topological polar surface area (TPSA) is 91.3 Å². The number of benzene rings is 2. The van der Waals surface area contributed by atoms with Crippen molar-refractivity contribution in [2.45, 2.75) is 6.42 Å². The van der Waals surface area contributed by atoms with Gasteiger partial charge in [-0.05, 0) is 24.3 Å². The predicted octanol–water partition coefficient (Wildman–Crippen LogP) is 2.31. The number of hydrogen-bond acceptors (Lipinski definition) is 6. The van der Waals surface area contributed by atoms with Crippen LogP contribution in [0, 0.1) is 5.92 Å². The second-order valence-electron chi connectivity index (χ2n) is 7.77. The second-order valence-corrected chi connectivity index (χ2v) is 7.77. The molecule has 2 aliphatic rings. The number of hydrogen-bond donors (Lipinski definition) is 2. The molecule has 164 valence electrons. The van der Waals surface area contributed by atoms with Crippen LogP contribution in [0.5, 0.6) is 11.5 Å². The van der Waals surface area contributed by atoms with Gasteiger partial charge in [-0.25, -0.2) is 0 Å². The molecule has 1 saturated heterocycles. The van der Waals surface area contributed by atoms with E-state index in [1.165, 1.54) is 5.69 Å². The van der Waals surface area contributed by atoms with Gasteiger partial charge in [-0.3, -0.25) is 14.5 Å². The van der Waals surface area contributed by atoms with Crippen LogP contribution in [0.2, 0.25) is 0 Å². The molecule has 0 radical (unpaired) electrons.